The predicted octanol–water partition coefficient (Wildman–Crippen LogP) is 4.99. The van der Waals surface area contributed by atoms with Crippen LogP contribution in [0.5, 0.6) is 0 Å². The van der Waals surface area contributed by atoms with E-state index in [-0.39, 0.29) is 5.78 Å². The number of carbonyl (C=O) groups excluding carboxylic acids is 1. The zero-order valence-corrected chi connectivity index (χ0v) is 20.9. The van der Waals surface area contributed by atoms with Crippen LogP contribution in [0, 0.1) is 0 Å². The van der Waals surface area contributed by atoms with Crippen molar-refractivity contribution in [1.29, 1.82) is 0 Å². The van der Waals surface area contributed by atoms with Crippen molar-refractivity contribution >= 4 is 66.1 Å². The Kier molecular flexibility index (Phi) is 8.23. The number of rotatable bonds is 4. The molecule has 3 aromatic rings. The van der Waals surface area contributed by atoms with Crippen LogP contribution >= 0.6 is 31.9 Å². The van der Waals surface area contributed by atoms with Crippen LogP contribution in [0.3, 0.4) is 0 Å². The van der Waals surface area contributed by atoms with E-state index in [1.54, 1.807) is 0 Å². The minimum atomic E-state index is -1.82. The first-order valence-corrected chi connectivity index (χ1v) is 11.7. The molecule has 33 heavy (non-hydrogen) atoms. The summed E-state index contributed by atoms with van der Waals surface area (Å²) in [5, 5.41) is 16.0. The zero-order valence-electron chi connectivity index (χ0n) is 17.8. The van der Waals surface area contributed by atoms with E-state index in [1.165, 1.54) is 16.5 Å². The monoisotopic (exact) mass is 576 g/mol. The molecule has 9 heteroatoms. The van der Waals surface area contributed by atoms with Gasteiger partial charge in [0.25, 0.3) is 0 Å². The first kappa shape index (κ1) is 24.9. The highest BCUT2D eigenvalue weighted by Crippen LogP contribution is 2.31. The SMILES string of the molecule is CN1CC=C(c2c[nH]c3ccc(CC(=O)c4cccc(Br)c4Br)cc23)CC1.O=C(O)C(=O)O. The van der Waals surface area contributed by atoms with Gasteiger partial charge in [0.1, 0.15) is 0 Å². The number of Topliss-reactive ketones (excluding diaryl/α,β-unsaturated/α-hetero) is 1. The molecule has 172 valence electrons. The van der Waals surface area contributed by atoms with Gasteiger partial charge in [-0.3, -0.25) is 4.79 Å². The van der Waals surface area contributed by atoms with Gasteiger partial charge in [-0.2, -0.15) is 0 Å². The fraction of sp³-hybridized carbons (Fsp3) is 0.208. The van der Waals surface area contributed by atoms with Gasteiger partial charge in [-0.1, -0.05) is 24.3 Å². The van der Waals surface area contributed by atoms with Crippen molar-refractivity contribution in [1.82, 2.24) is 9.88 Å². The predicted molar refractivity (Wildman–Crippen MR) is 134 cm³/mol. The third-order valence-electron chi connectivity index (χ3n) is 5.30. The summed E-state index contributed by atoms with van der Waals surface area (Å²) < 4.78 is 1.71. The molecule has 0 fully saturated rings. The molecule has 1 aliphatic heterocycles. The third kappa shape index (κ3) is 6.19. The molecule has 1 aromatic heterocycles. The van der Waals surface area contributed by atoms with Gasteiger partial charge in [0.15, 0.2) is 5.78 Å². The molecule has 0 radical (unpaired) electrons. The summed E-state index contributed by atoms with van der Waals surface area (Å²) in [5.41, 5.74) is 5.50. The Labute approximate surface area is 207 Å². The number of aromatic nitrogens is 1. The van der Waals surface area contributed by atoms with Crippen molar-refractivity contribution in [2.75, 3.05) is 20.1 Å². The van der Waals surface area contributed by atoms with Crippen molar-refractivity contribution in [3.63, 3.8) is 0 Å². The molecule has 0 amide bonds. The van der Waals surface area contributed by atoms with Crippen molar-refractivity contribution < 1.29 is 24.6 Å². The van der Waals surface area contributed by atoms with E-state index < -0.39 is 11.9 Å². The molecule has 0 aliphatic carbocycles. The van der Waals surface area contributed by atoms with Gasteiger partial charge in [0, 0.05) is 56.7 Å². The molecule has 7 nitrogen and oxygen atoms in total. The summed E-state index contributed by atoms with van der Waals surface area (Å²) in [4.78, 5) is 36.7. The van der Waals surface area contributed by atoms with Crippen LogP contribution in [0.4, 0.5) is 0 Å². The third-order valence-corrected chi connectivity index (χ3v) is 7.35. The zero-order chi connectivity index (χ0) is 24.1. The molecule has 3 N–H and O–H groups in total. The average molecular weight is 578 g/mol. The molecule has 0 saturated carbocycles. The van der Waals surface area contributed by atoms with E-state index >= 15 is 0 Å². The Bertz CT molecular complexity index is 1240. The molecular weight excluding hydrogens is 556 g/mol. The number of hydrogen-bond acceptors (Lipinski definition) is 4. The van der Waals surface area contributed by atoms with E-state index in [4.69, 9.17) is 19.8 Å². The topological polar surface area (TPSA) is 111 Å². The number of aliphatic carboxylic acids is 2. The number of nitrogens with one attached hydrogen (secondary N) is 1. The Morgan fingerprint density at radius 3 is 2.45 bits per heavy atom. The van der Waals surface area contributed by atoms with E-state index in [9.17, 15) is 4.79 Å². The summed E-state index contributed by atoms with van der Waals surface area (Å²) >= 11 is 6.98. The quantitative estimate of drug-likeness (QED) is 0.297. The lowest BCUT2D eigenvalue weighted by Gasteiger charge is -2.21. The van der Waals surface area contributed by atoms with Crippen LogP contribution in [0.15, 0.2) is 57.6 Å². The summed E-state index contributed by atoms with van der Waals surface area (Å²) in [7, 11) is 2.15. The van der Waals surface area contributed by atoms with Gasteiger partial charge in [0.05, 0.1) is 0 Å². The van der Waals surface area contributed by atoms with Gasteiger partial charge in [-0.25, -0.2) is 9.59 Å². The van der Waals surface area contributed by atoms with Crippen molar-refractivity contribution in [2.24, 2.45) is 0 Å². The Morgan fingerprint density at radius 2 is 1.82 bits per heavy atom. The molecule has 0 bridgehead atoms. The minimum absolute atomic E-state index is 0.109. The van der Waals surface area contributed by atoms with Crippen molar-refractivity contribution in [3.8, 4) is 0 Å². The molecule has 1 aliphatic rings. The molecule has 0 atom stereocenters. The summed E-state index contributed by atoms with van der Waals surface area (Å²) in [6, 6.07) is 11.9. The molecule has 0 saturated heterocycles. The number of benzene rings is 2. The van der Waals surface area contributed by atoms with Crippen LogP contribution in [0.1, 0.15) is 27.9 Å². The summed E-state index contributed by atoms with van der Waals surface area (Å²) in [6.07, 6.45) is 5.84. The van der Waals surface area contributed by atoms with Crippen LogP contribution < -0.4 is 0 Å². The number of fused-ring (bicyclic) bond motifs is 1. The maximum Gasteiger partial charge on any atom is 0.414 e. The average Bonchev–Trinajstić information content (AvgIpc) is 3.20. The van der Waals surface area contributed by atoms with Gasteiger partial charge < -0.3 is 20.1 Å². The number of aromatic amines is 1. The highest BCUT2D eigenvalue weighted by molar-refractivity contribution is 9.13. The number of likely N-dealkylation sites (N-methyl/N-ethyl adjacent to an activating group) is 1. The molecule has 4 rings (SSSR count). The van der Waals surface area contributed by atoms with Gasteiger partial charge in [-0.15, -0.1) is 0 Å². The molecule has 2 aromatic carbocycles. The minimum Gasteiger partial charge on any atom is -0.473 e. The maximum absolute atomic E-state index is 12.8. The van der Waals surface area contributed by atoms with E-state index in [1.807, 2.05) is 24.3 Å². The Hall–Kier alpha value is -2.75. The standard InChI is InChI=1S/C22H20Br2N2O.C2H2O4/c1-26-9-7-15(8-10-26)18-13-25-20-6-5-14(11-17(18)20)12-21(27)16-3-2-4-19(23)22(16)24;3-1(4)2(5)6/h2-7,11,13,25H,8-10,12H2,1H3;(H,3,4)(H,5,6). The highest BCUT2D eigenvalue weighted by Gasteiger charge is 2.16. The number of halogens is 2. The molecule has 0 unspecified atom stereocenters. The lowest BCUT2D eigenvalue weighted by molar-refractivity contribution is -0.159. The van der Waals surface area contributed by atoms with Crippen LogP contribution in [-0.4, -0.2) is 58.0 Å². The largest absolute Gasteiger partial charge is 0.473 e. The van der Waals surface area contributed by atoms with Gasteiger partial charge in [-0.05, 0) is 74.7 Å². The lowest BCUT2D eigenvalue weighted by atomic mass is 9.96. The second-order valence-corrected chi connectivity index (χ2v) is 9.28. The van der Waals surface area contributed by atoms with Gasteiger partial charge >= 0.3 is 11.9 Å². The number of nitrogens with zero attached hydrogens (tertiary/aromatic N) is 1. The maximum atomic E-state index is 12.8. The fourth-order valence-electron chi connectivity index (χ4n) is 3.56. The van der Waals surface area contributed by atoms with Crippen molar-refractivity contribution in [2.45, 2.75) is 12.8 Å². The molecule has 2 heterocycles. The second-order valence-electron chi connectivity index (χ2n) is 7.64. The number of carboxylic acid groups (broad SMARTS) is 2. The molecule has 0 spiro atoms. The number of H-pyrrole nitrogens is 1. The Morgan fingerprint density at radius 1 is 1.09 bits per heavy atom. The smallest absolute Gasteiger partial charge is 0.414 e. The summed E-state index contributed by atoms with van der Waals surface area (Å²) in [5.74, 6) is -3.54. The first-order valence-electron chi connectivity index (χ1n) is 10.1. The number of hydrogen-bond donors (Lipinski definition) is 3. The number of carbonyl (C=O) groups is 3. The second kappa shape index (κ2) is 10.9. The van der Waals surface area contributed by atoms with Crippen LogP contribution in [-0.2, 0) is 16.0 Å². The van der Waals surface area contributed by atoms with Crippen molar-refractivity contribution in [3.05, 3.63) is 74.3 Å². The van der Waals surface area contributed by atoms with E-state index in [0.717, 1.165) is 39.5 Å². The van der Waals surface area contributed by atoms with E-state index in [0.29, 0.717) is 12.0 Å². The normalized spacial score (nSPS) is 13.7. The van der Waals surface area contributed by atoms with E-state index in [2.05, 4.69) is 73.2 Å². The van der Waals surface area contributed by atoms with Crippen LogP contribution in [0.25, 0.3) is 16.5 Å². The highest BCUT2D eigenvalue weighted by atomic mass is 79.9. The lowest BCUT2D eigenvalue weighted by Crippen LogP contribution is -2.23. The number of ketones is 1. The summed E-state index contributed by atoms with van der Waals surface area (Å²) in [6.45, 7) is 2.06. The fourth-order valence-corrected chi connectivity index (χ4v) is 4.41. The molecular formula is C24H22Br2N2O5. The Balaban J connectivity index is 0.000000454. The van der Waals surface area contributed by atoms with Crippen LogP contribution in [0.2, 0.25) is 0 Å². The first-order chi connectivity index (χ1) is 15.7. The number of carboxylic acids is 2. The van der Waals surface area contributed by atoms with Gasteiger partial charge in [0.2, 0.25) is 0 Å².